The highest BCUT2D eigenvalue weighted by atomic mass is 16.1. The molecule has 3 heteroatoms. The number of hydrogen-bond donors (Lipinski definition) is 2. The topological polar surface area (TPSA) is 55.1 Å². The third-order valence-corrected chi connectivity index (χ3v) is 4.01. The fourth-order valence-electron chi connectivity index (χ4n) is 2.79. The van der Waals surface area contributed by atoms with Gasteiger partial charge in [-0.3, -0.25) is 10.1 Å². The van der Waals surface area contributed by atoms with Gasteiger partial charge in [0.15, 0.2) is 0 Å². The predicted molar refractivity (Wildman–Crippen MR) is 77.8 cm³/mol. The number of benzene rings is 1. The normalized spacial score (nSPS) is 18.2. The molecule has 3 N–H and O–H groups in total. The van der Waals surface area contributed by atoms with Crippen molar-refractivity contribution in [1.82, 2.24) is 5.32 Å². The summed E-state index contributed by atoms with van der Waals surface area (Å²) in [5.74, 6) is -0.283. The number of primary amides is 1. The molecule has 1 aliphatic rings. The first-order valence-electron chi connectivity index (χ1n) is 7.35. The SMILES string of the molecule is CCc1ccc(C(NC2CCCCC2)C(N)=O)cc1. The lowest BCUT2D eigenvalue weighted by atomic mass is 9.93. The number of nitrogens with one attached hydrogen (secondary N) is 1. The van der Waals surface area contributed by atoms with Crippen molar-refractivity contribution >= 4 is 5.91 Å². The summed E-state index contributed by atoms with van der Waals surface area (Å²) in [5, 5.41) is 3.43. The maximum atomic E-state index is 11.7. The van der Waals surface area contributed by atoms with Crippen LogP contribution in [0.2, 0.25) is 0 Å². The van der Waals surface area contributed by atoms with Crippen molar-refractivity contribution in [2.75, 3.05) is 0 Å². The van der Waals surface area contributed by atoms with E-state index in [0.717, 1.165) is 24.8 Å². The second-order valence-electron chi connectivity index (χ2n) is 5.43. The molecule has 1 aromatic rings. The third-order valence-electron chi connectivity index (χ3n) is 4.01. The summed E-state index contributed by atoms with van der Waals surface area (Å²) in [7, 11) is 0. The Morgan fingerprint density at radius 1 is 1.26 bits per heavy atom. The van der Waals surface area contributed by atoms with Gasteiger partial charge in [-0.2, -0.15) is 0 Å². The van der Waals surface area contributed by atoms with E-state index in [-0.39, 0.29) is 11.9 Å². The molecule has 0 bridgehead atoms. The highest BCUT2D eigenvalue weighted by molar-refractivity contribution is 5.81. The Morgan fingerprint density at radius 2 is 1.89 bits per heavy atom. The molecule has 1 amide bonds. The lowest BCUT2D eigenvalue weighted by Crippen LogP contribution is -2.40. The second-order valence-corrected chi connectivity index (χ2v) is 5.43. The average Bonchev–Trinajstić information content (AvgIpc) is 2.46. The van der Waals surface area contributed by atoms with E-state index in [2.05, 4.69) is 24.4 Å². The molecule has 0 aromatic heterocycles. The van der Waals surface area contributed by atoms with Crippen molar-refractivity contribution < 1.29 is 4.79 Å². The molecule has 0 heterocycles. The molecule has 1 saturated carbocycles. The zero-order valence-electron chi connectivity index (χ0n) is 11.7. The van der Waals surface area contributed by atoms with Crippen molar-refractivity contribution in [3.8, 4) is 0 Å². The van der Waals surface area contributed by atoms with Crippen molar-refractivity contribution in [2.24, 2.45) is 5.73 Å². The van der Waals surface area contributed by atoms with Crippen LogP contribution in [-0.4, -0.2) is 11.9 Å². The first-order valence-corrected chi connectivity index (χ1v) is 7.35. The van der Waals surface area contributed by atoms with E-state index in [1.807, 2.05) is 12.1 Å². The second kappa shape index (κ2) is 6.71. The number of amides is 1. The first kappa shape index (κ1) is 14.1. The standard InChI is InChI=1S/C16H24N2O/c1-2-12-8-10-13(11-9-12)15(16(17)19)18-14-6-4-3-5-7-14/h8-11,14-15,18H,2-7H2,1H3,(H2,17,19). The maximum absolute atomic E-state index is 11.7. The van der Waals surface area contributed by atoms with Crippen molar-refractivity contribution in [3.05, 3.63) is 35.4 Å². The molecule has 0 aliphatic heterocycles. The largest absolute Gasteiger partial charge is 0.368 e. The summed E-state index contributed by atoms with van der Waals surface area (Å²) in [5.41, 5.74) is 7.82. The number of carbonyl (C=O) groups is 1. The molecular formula is C16H24N2O. The molecule has 3 nitrogen and oxygen atoms in total. The molecule has 104 valence electrons. The monoisotopic (exact) mass is 260 g/mol. The molecular weight excluding hydrogens is 236 g/mol. The molecule has 1 atom stereocenters. The Balaban J connectivity index is 2.07. The molecule has 1 aliphatic carbocycles. The van der Waals surface area contributed by atoms with Crippen molar-refractivity contribution in [3.63, 3.8) is 0 Å². The summed E-state index contributed by atoms with van der Waals surface area (Å²) in [6.07, 6.45) is 7.12. The van der Waals surface area contributed by atoms with E-state index in [0.29, 0.717) is 6.04 Å². The van der Waals surface area contributed by atoms with E-state index >= 15 is 0 Å². The van der Waals surface area contributed by atoms with E-state index in [1.165, 1.54) is 24.8 Å². The van der Waals surface area contributed by atoms with Crippen LogP contribution in [0.4, 0.5) is 0 Å². The molecule has 1 fully saturated rings. The lowest BCUT2D eigenvalue weighted by molar-refractivity contribution is -0.120. The summed E-state index contributed by atoms with van der Waals surface area (Å²) in [6, 6.07) is 8.27. The summed E-state index contributed by atoms with van der Waals surface area (Å²) in [6.45, 7) is 2.13. The molecule has 0 spiro atoms. The molecule has 19 heavy (non-hydrogen) atoms. The van der Waals surface area contributed by atoms with Crippen LogP contribution in [0.3, 0.4) is 0 Å². The first-order chi connectivity index (χ1) is 9.20. The summed E-state index contributed by atoms with van der Waals surface area (Å²) >= 11 is 0. The minimum atomic E-state index is -0.353. The summed E-state index contributed by atoms with van der Waals surface area (Å²) < 4.78 is 0. The Hall–Kier alpha value is -1.35. The average molecular weight is 260 g/mol. The van der Waals surface area contributed by atoms with Crippen LogP contribution >= 0.6 is 0 Å². The smallest absolute Gasteiger partial charge is 0.239 e. The van der Waals surface area contributed by atoms with Crippen LogP contribution in [0.15, 0.2) is 24.3 Å². The van der Waals surface area contributed by atoms with Gasteiger partial charge in [0.2, 0.25) is 5.91 Å². The van der Waals surface area contributed by atoms with Gasteiger partial charge in [-0.15, -0.1) is 0 Å². The highest BCUT2D eigenvalue weighted by Gasteiger charge is 2.22. The van der Waals surface area contributed by atoms with E-state index in [4.69, 9.17) is 5.73 Å². The van der Waals surface area contributed by atoms with Crippen LogP contribution in [0.1, 0.15) is 56.2 Å². The van der Waals surface area contributed by atoms with Gasteiger partial charge in [0.05, 0.1) is 0 Å². The zero-order valence-corrected chi connectivity index (χ0v) is 11.7. The Kier molecular flexibility index (Phi) is 4.97. The van der Waals surface area contributed by atoms with Gasteiger partial charge in [-0.05, 0) is 30.4 Å². The fourth-order valence-corrected chi connectivity index (χ4v) is 2.79. The van der Waals surface area contributed by atoms with E-state index in [1.54, 1.807) is 0 Å². The number of rotatable bonds is 5. The number of aryl methyl sites for hydroxylation is 1. The lowest BCUT2D eigenvalue weighted by Gasteiger charge is -2.27. The van der Waals surface area contributed by atoms with Gasteiger partial charge < -0.3 is 5.73 Å². The van der Waals surface area contributed by atoms with Gasteiger partial charge in [-0.25, -0.2) is 0 Å². The summed E-state index contributed by atoms with van der Waals surface area (Å²) in [4.78, 5) is 11.7. The Bertz CT molecular complexity index is 407. The van der Waals surface area contributed by atoms with Crippen LogP contribution in [0, 0.1) is 0 Å². The van der Waals surface area contributed by atoms with Crippen LogP contribution < -0.4 is 11.1 Å². The maximum Gasteiger partial charge on any atom is 0.239 e. The van der Waals surface area contributed by atoms with Crippen molar-refractivity contribution in [2.45, 2.75) is 57.5 Å². The quantitative estimate of drug-likeness (QED) is 0.855. The van der Waals surface area contributed by atoms with Crippen LogP contribution in [-0.2, 0) is 11.2 Å². The Morgan fingerprint density at radius 3 is 2.42 bits per heavy atom. The van der Waals surface area contributed by atoms with Gasteiger partial charge in [0, 0.05) is 6.04 Å². The zero-order chi connectivity index (χ0) is 13.7. The van der Waals surface area contributed by atoms with E-state index in [9.17, 15) is 4.79 Å². The van der Waals surface area contributed by atoms with Gasteiger partial charge in [0.25, 0.3) is 0 Å². The Labute approximate surface area is 115 Å². The van der Waals surface area contributed by atoms with Crippen molar-refractivity contribution in [1.29, 1.82) is 0 Å². The minimum Gasteiger partial charge on any atom is -0.368 e. The number of nitrogens with two attached hydrogens (primary N) is 1. The van der Waals surface area contributed by atoms with Gasteiger partial charge in [-0.1, -0.05) is 50.5 Å². The number of hydrogen-bond acceptors (Lipinski definition) is 2. The minimum absolute atomic E-state index is 0.283. The third kappa shape index (κ3) is 3.80. The van der Waals surface area contributed by atoms with Crippen LogP contribution in [0.5, 0.6) is 0 Å². The number of carbonyl (C=O) groups excluding carboxylic acids is 1. The van der Waals surface area contributed by atoms with E-state index < -0.39 is 0 Å². The van der Waals surface area contributed by atoms with Crippen LogP contribution in [0.25, 0.3) is 0 Å². The predicted octanol–water partition coefficient (Wildman–Crippen LogP) is 2.70. The molecule has 0 radical (unpaired) electrons. The molecule has 0 saturated heterocycles. The fraction of sp³-hybridized carbons (Fsp3) is 0.562. The molecule has 1 unspecified atom stereocenters. The van der Waals surface area contributed by atoms with Gasteiger partial charge >= 0.3 is 0 Å². The molecule has 2 rings (SSSR count). The van der Waals surface area contributed by atoms with Gasteiger partial charge in [0.1, 0.15) is 6.04 Å². The highest BCUT2D eigenvalue weighted by Crippen LogP contribution is 2.22. The molecule has 1 aromatic carbocycles.